The molecule has 3 atom stereocenters. The molecule has 0 aliphatic carbocycles. The van der Waals surface area contributed by atoms with Crippen LogP contribution in [0.3, 0.4) is 0 Å². The van der Waals surface area contributed by atoms with Gasteiger partial charge in [-0.3, -0.25) is 9.63 Å². The van der Waals surface area contributed by atoms with Crippen molar-refractivity contribution < 1.29 is 32.3 Å². The molecule has 4 heterocycles. The van der Waals surface area contributed by atoms with Gasteiger partial charge < -0.3 is 25.0 Å². The van der Waals surface area contributed by atoms with E-state index in [2.05, 4.69) is 32.1 Å². The minimum atomic E-state index is -4.45. The Balaban J connectivity index is 1.29. The molecule has 13 heteroatoms. The molecular formula is C29H29F3N6O4. The highest BCUT2D eigenvalue weighted by Crippen LogP contribution is 2.43. The number of morpholine rings is 1. The molecule has 2 aromatic carbocycles. The lowest BCUT2D eigenvalue weighted by atomic mass is 10.0. The third kappa shape index (κ3) is 5.44. The zero-order valence-electron chi connectivity index (χ0n) is 22.7. The number of aromatic nitrogens is 2. The first-order valence-corrected chi connectivity index (χ1v) is 13.5. The summed E-state index contributed by atoms with van der Waals surface area (Å²) in [5.74, 6) is 0.920. The van der Waals surface area contributed by atoms with Crippen LogP contribution in [0.2, 0.25) is 0 Å². The smallest absolute Gasteiger partial charge is 0.416 e. The number of benzene rings is 2. The number of hydrogen-bond acceptors (Lipinski definition) is 9. The molecule has 1 amide bonds. The van der Waals surface area contributed by atoms with E-state index in [0.717, 1.165) is 24.2 Å². The normalized spacial score (nSPS) is 21.5. The summed E-state index contributed by atoms with van der Waals surface area (Å²) in [6.45, 7) is 5.20. The Bertz CT molecular complexity index is 1500. The van der Waals surface area contributed by atoms with Crippen LogP contribution in [0.5, 0.6) is 5.75 Å². The molecule has 0 saturated carbocycles. The van der Waals surface area contributed by atoms with E-state index < -0.39 is 17.8 Å². The van der Waals surface area contributed by atoms with Gasteiger partial charge in [-0.2, -0.15) is 13.2 Å². The standard InChI is InChI=1S/C29H29F3N6O4/c1-3-28(39)36-21-11-22(25(40-2)12-24(21)37-14-20-10-19(37)15-41-20)35-26-13-27(34-16-33-26)38-23(7-8-42-38)17-5-4-6-18(9-17)29(30,31)32/h3-6,9,11-13,16,19-20,23H,1,7-8,10,14-15H2,2H3,(H,36,39)(H,33,34,35)/t19-,20-,23?/m0/s1. The first-order chi connectivity index (χ1) is 20.2. The summed E-state index contributed by atoms with van der Waals surface area (Å²) in [5, 5.41) is 7.62. The molecule has 10 nitrogen and oxygen atoms in total. The monoisotopic (exact) mass is 582 g/mol. The fourth-order valence-electron chi connectivity index (χ4n) is 5.65. The number of anilines is 5. The summed E-state index contributed by atoms with van der Waals surface area (Å²) in [6, 6.07) is 10.2. The number of hydroxylamine groups is 1. The van der Waals surface area contributed by atoms with Crippen LogP contribution >= 0.6 is 0 Å². The number of ether oxygens (including phenoxy) is 2. The maximum Gasteiger partial charge on any atom is 0.416 e. The van der Waals surface area contributed by atoms with Gasteiger partial charge in [0.15, 0.2) is 5.82 Å². The Morgan fingerprint density at radius 3 is 2.76 bits per heavy atom. The second-order valence-electron chi connectivity index (χ2n) is 10.2. The van der Waals surface area contributed by atoms with Crippen molar-refractivity contribution in [1.29, 1.82) is 0 Å². The van der Waals surface area contributed by atoms with Crippen LogP contribution in [0, 0.1) is 0 Å². The maximum absolute atomic E-state index is 13.3. The van der Waals surface area contributed by atoms with E-state index in [-0.39, 0.29) is 18.1 Å². The fraction of sp³-hybridized carbons (Fsp3) is 0.345. The lowest BCUT2D eigenvalue weighted by Crippen LogP contribution is -2.37. The fourth-order valence-corrected chi connectivity index (χ4v) is 5.65. The van der Waals surface area contributed by atoms with Crippen molar-refractivity contribution in [2.75, 3.05) is 47.5 Å². The van der Waals surface area contributed by atoms with Crippen molar-refractivity contribution in [2.24, 2.45) is 0 Å². The van der Waals surface area contributed by atoms with Gasteiger partial charge in [0.25, 0.3) is 0 Å². The van der Waals surface area contributed by atoms with Crippen molar-refractivity contribution in [3.63, 3.8) is 0 Å². The molecule has 1 aromatic heterocycles. The second-order valence-corrected chi connectivity index (χ2v) is 10.2. The highest BCUT2D eigenvalue weighted by Gasteiger charge is 2.40. The number of hydrogen-bond donors (Lipinski definition) is 2. The van der Waals surface area contributed by atoms with Crippen molar-refractivity contribution in [1.82, 2.24) is 9.97 Å². The Kier molecular flexibility index (Phi) is 7.37. The van der Waals surface area contributed by atoms with Crippen molar-refractivity contribution >= 4 is 34.6 Å². The van der Waals surface area contributed by atoms with Gasteiger partial charge in [-0.25, -0.2) is 15.0 Å². The van der Waals surface area contributed by atoms with E-state index in [9.17, 15) is 18.0 Å². The minimum absolute atomic E-state index is 0.147. The molecule has 3 fully saturated rings. The van der Waals surface area contributed by atoms with E-state index >= 15 is 0 Å². The molecule has 1 unspecified atom stereocenters. The first kappa shape index (κ1) is 27.8. The van der Waals surface area contributed by atoms with Crippen LogP contribution < -0.4 is 25.3 Å². The second kappa shape index (κ2) is 11.1. The van der Waals surface area contributed by atoms with Crippen molar-refractivity contribution in [2.45, 2.75) is 37.2 Å². The average Bonchev–Trinajstić information content (AvgIpc) is 3.75. The zero-order chi connectivity index (χ0) is 29.4. The van der Waals surface area contributed by atoms with Crippen LogP contribution in [0.1, 0.15) is 30.0 Å². The number of fused-ring (bicyclic) bond motifs is 2. The van der Waals surface area contributed by atoms with Gasteiger partial charge in [0.1, 0.15) is 17.9 Å². The number of nitrogens with zero attached hydrogens (tertiary/aromatic N) is 4. The third-order valence-corrected chi connectivity index (χ3v) is 7.62. The van der Waals surface area contributed by atoms with Gasteiger partial charge in [0.2, 0.25) is 5.91 Å². The van der Waals surface area contributed by atoms with Gasteiger partial charge in [-0.1, -0.05) is 18.7 Å². The SMILES string of the molecule is C=CC(=O)Nc1cc(Nc2cc(N3OCCC3c3cccc(C(F)(F)F)c3)ncn2)c(OC)cc1N1C[C@@H]2C[C@H]1CO2. The highest BCUT2D eigenvalue weighted by molar-refractivity contribution is 6.02. The predicted molar refractivity (Wildman–Crippen MR) is 150 cm³/mol. The zero-order valence-corrected chi connectivity index (χ0v) is 22.7. The highest BCUT2D eigenvalue weighted by atomic mass is 19.4. The number of nitrogens with one attached hydrogen (secondary N) is 2. The van der Waals surface area contributed by atoms with Crippen LogP contribution in [0.25, 0.3) is 0 Å². The van der Waals surface area contributed by atoms with Crippen molar-refractivity contribution in [3.8, 4) is 5.75 Å². The molecule has 2 bridgehead atoms. The molecule has 220 valence electrons. The number of carbonyl (C=O) groups excluding carboxylic acids is 1. The summed E-state index contributed by atoms with van der Waals surface area (Å²) in [7, 11) is 1.55. The van der Waals surface area contributed by atoms with E-state index in [0.29, 0.717) is 60.5 Å². The molecule has 3 aromatic rings. The largest absolute Gasteiger partial charge is 0.494 e. The maximum atomic E-state index is 13.3. The van der Waals surface area contributed by atoms with Crippen LogP contribution in [0.15, 0.2) is 61.4 Å². The molecule has 2 N–H and O–H groups in total. The lowest BCUT2D eigenvalue weighted by Gasteiger charge is -2.31. The van der Waals surface area contributed by atoms with Gasteiger partial charge in [0, 0.05) is 25.1 Å². The quantitative estimate of drug-likeness (QED) is 0.346. The summed E-state index contributed by atoms with van der Waals surface area (Å²) >= 11 is 0. The van der Waals surface area contributed by atoms with Gasteiger partial charge in [0.05, 0.1) is 61.1 Å². The number of halogens is 3. The van der Waals surface area contributed by atoms with Crippen molar-refractivity contribution in [3.05, 3.63) is 72.6 Å². The first-order valence-electron chi connectivity index (χ1n) is 13.5. The summed E-state index contributed by atoms with van der Waals surface area (Å²) in [6.07, 6.45) is -0.361. The number of rotatable bonds is 8. The Labute approximate surface area is 240 Å². The molecule has 3 aliphatic rings. The number of carbonyl (C=O) groups is 1. The van der Waals surface area contributed by atoms with Crippen LogP contribution in [-0.4, -0.2) is 54.9 Å². The Hall–Kier alpha value is -4.36. The van der Waals surface area contributed by atoms with Gasteiger partial charge in [-0.05, 0) is 36.3 Å². The Morgan fingerprint density at radius 2 is 2.05 bits per heavy atom. The third-order valence-electron chi connectivity index (χ3n) is 7.62. The predicted octanol–water partition coefficient (Wildman–Crippen LogP) is 5.23. The summed E-state index contributed by atoms with van der Waals surface area (Å²) in [4.78, 5) is 29.0. The van der Waals surface area contributed by atoms with Gasteiger partial charge >= 0.3 is 6.18 Å². The van der Waals surface area contributed by atoms with E-state index in [1.807, 2.05) is 6.07 Å². The molecule has 42 heavy (non-hydrogen) atoms. The molecule has 6 rings (SSSR count). The number of methoxy groups -OCH3 is 1. The minimum Gasteiger partial charge on any atom is -0.494 e. The molecular weight excluding hydrogens is 553 g/mol. The molecule has 3 aliphatic heterocycles. The number of alkyl halides is 3. The van der Waals surface area contributed by atoms with E-state index in [1.54, 1.807) is 25.3 Å². The van der Waals surface area contributed by atoms with E-state index in [1.165, 1.54) is 23.5 Å². The van der Waals surface area contributed by atoms with Gasteiger partial charge in [-0.15, -0.1) is 0 Å². The van der Waals surface area contributed by atoms with Crippen LogP contribution in [0.4, 0.5) is 41.9 Å². The Morgan fingerprint density at radius 1 is 1.19 bits per heavy atom. The molecule has 0 radical (unpaired) electrons. The molecule has 3 saturated heterocycles. The molecule has 0 spiro atoms. The summed E-state index contributed by atoms with van der Waals surface area (Å²) in [5.41, 5.74) is 1.65. The summed E-state index contributed by atoms with van der Waals surface area (Å²) < 4.78 is 51.5. The average molecular weight is 583 g/mol. The topological polar surface area (TPSA) is 101 Å². The lowest BCUT2D eigenvalue weighted by molar-refractivity contribution is -0.137. The number of amides is 1. The van der Waals surface area contributed by atoms with E-state index in [4.69, 9.17) is 14.3 Å². The van der Waals surface area contributed by atoms with Crippen LogP contribution in [-0.2, 0) is 20.5 Å².